The average Bonchev–Trinajstić information content (AvgIpc) is 3.17. The second-order valence-electron chi connectivity index (χ2n) is 7.88. The lowest BCUT2D eigenvalue weighted by Gasteiger charge is -2.16. The smallest absolute Gasteiger partial charge is 0.259 e. The van der Waals surface area contributed by atoms with Crippen LogP contribution < -0.4 is 5.32 Å². The lowest BCUT2D eigenvalue weighted by Crippen LogP contribution is -2.32. The van der Waals surface area contributed by atoms with E-state index in [2.05, 4.69) is 16.9 Å². The maximum atomic E-state index is 12.5. The molecule has 6 nitrogen and oxygen atoms in total. The third-order valence-electron chi connectivity index (χ3n) is 4.65. The molecule has 0 saturated heterocycles. The summed E-state index contributed by atoms with van der Waals surface area (Å²) < 4.78 is 5.78. The van der Waals surface area contributed by atoms with Gasteiger partial charge in [0.15, 0.2) is 5.58 Å². The molecule has 0 bridgehead atoms. The molecule has 1 aliphatic rings. The molecule has 0 saturated carbocycles. The zero-order chi connectivity index (χ0) is 20.1. The molecule has 2 aromatic carbocycles. The van der Waals surface area contributed by atoms with E-state index in [0.29, 0.717) is 33.9 Å². The fourth-order valence-corrected chi connectivity index (χ4v) is 3.17. The topological polar surface area (TPSA) is 75.4 Å². The van der Waals surface area contributed by atoms with Crippen molar-refractivity contribution in [3.8, 4) is 0 Å². The largest absolute Gasteiger partial charge is 0.440 e. The van der Waals surface area contributed by atoms with E-state index in [1.807, 2.05) is 32.9 Å². The normalized spacial score (nSPS) is 13.9. The van der Waals surface area contributed by atoms with Crippen molar-refractivity contribution in [3.05, 3.63) is 66.1 Å². The first kappa shape index (κ1) is 18.0. The average molecular weight is 375 g/mol. The molecular formula is C22H21N3O3. The van der Waals surface area contributed by atoms with Gasteiger partial charge in [-0.1, -0.05) is 45.5 Å². The van der Waals surface area contributed by atoms with Crippen molar-refractivity contribution in [3.63, 3.8) is 0 Å². The summed E-state index contributed by atoms with van der Waals surface area (Å²) in [6.45, 7) is 9.93. The fourth-order valence-electron chi connectivity index (χ4n) is 3.17. The number of carbonyl (C=O) groups is 2. The minimum atomic E-state index is -0.304. The van der Waals surface area contributed by atoms with Gasteiger partial charge in [0.1, 0.15) is 12.1 Å². The van der Waals surface area contributed by atoms with Crippen LogP contribution in [0.1, 0.15) is 42.6 Å². The van der Waals surface area contributed by atoms with Crippen molar-refractivity contribution < 1.29 is 14.0 Å². The lowest BCUT2D eigenvalue weighted by atomic mass is 9.97. The standard InChI is InChI=1S/C22H21N3O3/c1-13-15-7-5-6-8-16(15)20(27)25(13)12-19(26)23-14-9-10-18-17(11-14)24-21(28-18)22(2,3)4/h5-11H,1,12H2,2-4H3,(H,23,26). The van der Waals surface area contributed by atoms with Crippen molar-refractivity contribution in [2.45, 2.75) is 26.2 Å². The Labute approximate surface area is 162 Å². The highest BCUT2D eigenvalue weighted by Gasteiger charge is 2.31. The van der Waals surface area contributed by atoms with Crippen LogP contribution in [0.25, 0.3) is 16.8 Å². The highest BCUT2D eigenvalue weighted by molar-refractivity contribution is 6.11. The summed E-state index contributed by atoms with van der Waals surface area (Å²) >= 11 is 0. The summed E-state index contributed by atoms with van der Waals surface area (Å²) in [7, 11) is 0. The molecule has 2 heterocycles. The van der Waals surface area contributed by atoms with Crippen LogP contribution in [-0.2, 0) is 10.2 Å². The first-order chi connectivity index (χ1) is 13.2. The number of carbonyl (C=O) groups excluding carboxylic acids is 2. The zero-order valence-electron chi connectivity index (χ0n) is 16.1. The molecule has 0 radical (unpaired) electrons. The van der Waals surface area contributed by atoms with Gasteiger partial charge in [0.25, 0.3) is 5.91 Å². The first-order valence-corrected chi connectivity index (χ1v) is 9.05. The van der Waals surface area contributed by atoms with E-state index in [4.69, 9.17) is 4.42 Å². The predicted molar refractivity (Wildman–Crippen MR) is 108 cm³/mol. The van der Waals surface area contributed by atoms with Gasteiger partial charge in [0.05, 0.1) is 0 Å². The van der Waals surface area contributed by atoms with Gasteiger partial charge < -0.3 is 9.73 Å². The maximum Gasteiger partial charge on any atom is 0.259 e. The number of benzene rings is 2. The molecule has 4 rings (SSSR count). The molecule has 6 heteroatoms. The minimum absolute atomic E-state index is 0.101. The van der Waals surface area contributed by atoms with Gasteiger partial charge in [0.2, 0.25) is 11.8 Å². The Balaban J connectivity index is 1.50. The van der Waals surface area contributed by atoms with Gasteiger partial charge >= 0.3 is 0 Å². The number of oxazole rings is 1. The summed E-state index contributed by atoms with van der Waals surface area (Å²) in [6, 6.07) is 12.5. The summed E-state index contributed by atoms with van der Waals surface area (Å²) in [5.41, 5.74) is 3.61. The minimum Gasteiger partial charge on any atom is -0.440 e. The quantitative estimate of drug-likeness (QED) is 0.745. The Morgan fingerprint density at radius 3 is 2.57 bits per heavy atom. The number of hydrogen-bond donors (Lipinski definition) is 1. The number of nitrogens with one attached hydrogen (secondary N) is 1. The van der Waals surface area contributed by atoms with Crippen molar-refractivity contribution in [2.75, 3.05) is 11.9 Å². The number of amides is 2. The van der Waals surface area contributed by atoms with E-state index in [1.54, 1.807) is 30.3 Å². The molecule has 0 unspecified atom stereocenters. The Bertz CT molecular complexity index is 1090. The molecule has 1 N–H and O–H groups in total. The van der Waals surface area contributed by atoms with E-state index in [9.17, 15) is 9.59 Å². The Kier molecular flexibility index (Phi) is 4.07. The van der Waals surface area contributed by atoms with Crippen LogP contribution in [0.2, 0.25) is 0 Å². The summed E-state index contributed by atoms with van der Waals surface area (Å²) in [6.07, 6.45) is 0. The number of fused-ring (bicyclic) bond motifs is 2. The van der Waals surface area contributed by atoms with Gasteiger partial charge in [-0.05, 0) is 24.3 Å². The molecule has 3 aromatic rings. The van der Waals surface area contributed by atoms with E-state index in [0.717, 1.165) is 5.56 Å². The maximum absolute atomic E-state index is 12.5. The highest BCUT2D eigenvalue weighted by atomic mass is 16.3. The third-order valence-corrected chi connectivity index (χ3v) is 4.65. The molecule has 0 aliphatic carbocycles. The number of hydrogen-bond acceptors (Lipinski definition) is 4. The van der Waals surface area contributed by atoms with E-state index in [1.165, 1.54) is 4.90 Å². The zero-order valence-corrected chi connectivity index (χ0v) is 16.1. The fraction of sp³-hybridized carbons (Fsp3) is 0.227. The number of anilines is 1. The number of nitrogens with zero attached hydrogens (tertiary/aromatic N) is 2. The molecular weight excluding hydrogens is 354 g/mol. The van der Waals surface area contributed by atoms with Crippen LogP contribution in [0.15, 0.2) is 53.5 Å². The van der Waals surface area contributed by atoms with Gasteiger partial charge in [0, 0.05) is 27.9 Å². The van der Waals surface area contributed by atoms with E-state index >= 15 is 0 Å². The third kappa shape index (κ3) is 3.07. The molecule has 1 aliphatic heterocycles. The molecule has 142 valence electrons. The van der Waals surface area contributed by atoms with Crippen LogP contribution >= 0.6 is 0 Å². The Hall–Kier alpha value is -3.41. The predicted octanol–water partition coefficient (Wildman–Crippen LogP) is 4.19. The van der Waals surface area contributed by atoms with E-state index < -0.39 is 0 Å². The lowest BCUT2D eigenvalue weighted by molar-refractivity contribution is -0.116. The Morgan fingerprint density at radius 2 is 1.89 bits per heavy atom. The molecule has 1 aromatic heterocycles. The SMILES string of the molecule is C=C1c2ccccc2C(=O)N1CC(=O)Nc1ccc2oc(C(C)(C)C)nc2c1. The van der Waals surface area contributed by atoms with Gasteiger partial charge in [-0.15, -0.1) is 0 Å². The summed E-state index contributed by atoms with van der Waals surface area (Å²) in [5, 5.41) is 2.82. The van der Waals surface area contributed by atoms with E-state index in [-0.39, 0.29) is 23.8 Å². The van der Waals surface area contributed by atoms with Gasteiger partial charge in [-0.25, -0.2) is 4.98 Å². The van der Waals surface area contributed by atoms with Gasteiger partial charge in [-0.3, -0.25) is 14.5 Å². The molecule has 0 atom stereocenters. The van der Waals surface area contributed by atoms with Crippen LogP contribution in [-0.4, -0.2) is 28.2 Å². The van der Waals surface area contributed by atoms with Crippen molar-refractivity contribution in [1.82, 2.24) is 9.88 Å². The van der Waals surface area contributed by atoms with Gasteiger partial charge in [-0.2, -0.15) is 0 Å². The van der Waals surface area contributed by atoms with Crippen LogP contribution in [0.3, 0.4) is 0 Å². The van der Waals surface area contributed by atoms with Crippen LogP contribution in [0, 0.1) is 0 Å². The van der Waals surface area contributed by atoms with Crippen LogP contribution in [0.4, 0.5) is 5.69 Å². The molecule has 0 spiro atoms. The van der Waals surface area contributed by atoms with Crippen molar-refractivity contribution >= 4 is 34.3 Å². The molecule has 0 fully saturated rings. The second kappa shape index (κ2) is 6.34. The molecule has 2 amide bonds. The highest BCUT2D eigenvalue weighted by Crippen LogP contribution is 2.31. The molecule has 28 heavy (non-hydrogen) atoms. The first-order valence-electron chi connectivity index (χ1n) is 9.05. The number of rotatable bonds is 3. The Morgan fingerprint density at radius 1 is 1.18 bits per heavy atom. The monoisotopic (exact) mass is 375 g/mol. The van der Waals surface area contributed by atoms with Crippen molar-refractivity contribution in [2.24, 2.45) is 0 Å². The van der Waals surface area contributed by atoms with Crippen LogP contribution in [0.5, 0.6) is 0 Å². The number of aromatic nitrogens is 1. The summed E-state index contributed by atoms with van der Waals surface area (Å²) in [4.78, 5) is 31.0. The van der Waals surface area contributed by atoms with Crippen molar-refractivity contribution in [1.29, 1.82) is 0 Å². The second-order valence-corrected chi connectivity index (χ2v) is 7.88. The summed E-state index contributed by atoms with van der Waals surface area (Å²) in [5.74, 6) is 0.126.